The van der Waals surface area contributed by atoms with E-state index in [1.165, 1.54) is 10.8 Å². The summed E-state index contributed by atoms with van der Waals surface area (Å²) >= 11 is 0. The zero-order chi connectivity index (χ0) is 19.6. The number of morpholine rings is 1. The van der Waals surface area contributed by atoms with Gasteiger partial charge in [0.25, 0.3) is 5.56 Å². The first kappa shape index (κ1) is 20.4. The lowest BCUT2D eigenvalue weighted by atomic mass is 10.2. The van der Waals surface area contributed by atoms with Crippen LogP contribution in [0.15, 0.2) is 15.8 Å². The first-order valence-electron chi connectivity index (χ1n) is 8.54. The number of H-pyrrole nitrogens is 1. The number of hydrogen-bond acceptors (Lipinski definition) is 8. The standard InChI is InChI=1S/C14H24N5O7P/c1-9-7-19(14(22)16-13(9)21)12-6-10(20)11(26-12)8-25-27(15,23)17-18-2-4-24-5-3-18/h7,10-12,20H,2-6,8H2,1H3,(H3,15,17,23)(H,16,21,22)/t10-,11+,12+,27?/m0/s1. The van der Waals surface area contributed by atoms with E-state index in [0.29, 0.717) is 31.9 Å². The SMILES string of the molecule is Cc1cn([C@H]2C[C@H](O)[C@@H](COP(N)(=O)NN3CCOCC3)O2)c(=O)[nH]c1=O. The average molecular weight is 405 g/mol. The molecule has 0 saturated carbocycles. The molecule has 0 aromatic carbocycles. The van der Waals surface area contributed by atoms with Gasteiger partial charge in [0.05, 0.1) is 25.9 Å². The molecular formula is C14H24N5O7P. The Morgan fingerprint density at radius 1 is 1.44 bits per heavy atom. The molecule has 0 bridgehead atoms. The third kappa shape index (κ3) is 5.12. The van der Waals surface area contributed by atoms with Gasteiger partial charge in [0, 0.05) is 31.3 Å². The molecule has 13 heteroatoms. The predicted molar refractivity (Wildman–Crippen MR) is 93.9 cm³/mol. The Kier molecular flexibility index (Phi) is 6.28. The van der Waals surface area contributed by atoms with E-state index in [1.54, 1.807) is 11.9 Å². The highest BCUT2D eigenvalue weighted by atomic mass is 31.2. The van der Waals surface area contributed by atoms with Gasteiger partial charge in [-0.25, -0.2) is 15.3 Å². The topological polar surface area (TPSA) is 161 Å². The summed E-state index contributed by atoms with van der Waals surface area (Å²) in [4.78, 5) is 25.6. The molecule has 2 aliphatic heterocycles. The highest BCUT2D eigenvalue weighted by molar-refractivity contribution is 7.54. The van der Waals surface area contributed by atoms with E-state index < -0.39 is 37.4 Å². The maximum absolute atomic E-state index is 12.4. The van der Waals surface area contributed by atoms with Crippen LogP contribution >= 0.6 is 7.67 Å². The number of aryl methyl sites for hydroxylation is 1. The van der Waals surface area contributed by atoms with Gasteiger partial charge in [-0.05, 0) is 6.92 Å². The van der Waals surface area contributed by atoms with E-state index in [2.05, 4.69) is 10.2 Å². The Morgan fingerprint density at radius 2 is 2.15 bits per heavy atom. The van der Waals surface area contributed by atoms with Gasteiger partial charge >= 0.3 is 13.4 Å². The van der Waals surface area contributed by atoms with Crippen LogP contribution in [0.4, 0.5) is 0 Å². The molecule has 1 aromatic heterocycles. The minimum Gasteiger partial charge on any atom is -0.390 e. The molecule has 0 aliphatic carbocycles. The molecule has 1 unspecified atom stereocenters. The monoisotopic (exact) mass is 405 g/mol. The first-order chi connectivity index (χ1) is 12.7. The normalized spacial score (nSPS) is 28.9. The molecule has 0 spiro atoms. The molecule has 152 valence electrons. The number of aliphatic hydroxyl groups is 1. The highest BCUT2D eigenvalue weighted by Crippen LogP contribution is 2.36. The van der Waals surface area contributed by atoms with Crippen molar-refractivity contribution in [2.75, 3.05) is 32.9 Å². The lowest BCUT2D eigenvalue weighted by Crippen LogP contribution is -2.45. The summed E-state index contributed by atoms with van der Waals surface area (Å²) in [5.41, 5.74) is 4.91. The molecule has 0 radical (unpaired) electrons. The lowest BCUT2D eigenvalue weighted by molar-refractivity contribution is -0.0422. The molecule has 1 aromatic rings. The summed E-state index contributed by atoms with van der Waals surface area (Å²) in [5, 5.41) is 14.5. The molecule has 12 nitrogen and oxygen atoms in total. The number of nitrogens with one attached hydrogen (secondary N) is 2. The van der Waals surface area contributed by atoms with Gasteiger partial charge in [-0.2, -0.15) is 5.20 Å². The fourth-order valence-electron chi connectivity index (χ4n) is 2.91. The van der Waals surface area contributed by atoms with Gasteiger partial charge in [-0.3, -0.25) is 18.9 Å². The van der Waals surface area contributed by atoms with Crippen molar-refractivity contribution in [1.82, 2.24) is 19.8 Å². The molecule has 3 heterocycles. The summed E-state index contributed by atoms with van der Waals surface area (Å²) in [5.74, 6) is 0. The van der Waals surface area contributed by atoms with Crippen LogP contribution in [0, 0.1) is 6.92 Å². The molecule has 2 fully saturated rings. The summed E-state index contributed by atoms with van der Waals surface area (Å²) in [7, 11) is -3.64. The van der Waals surface area contributed by atoms with Crippen molar-refractivity contribution < 1.29 is 23.7 Å². The lowest BCUT2D eigenvalue weighted by Gasteiger charge is -2.29. The molecule has 27 heavy (non-hydrogen) atoms. The van der Waals surface area contributed by atoms with E-state index in [4.69, 9.17) is 19.5 Å². The number of aromatic nitrogens is 2. The highest BCUT2D eigenvalue weighted by Gasteiger charge is 2.37. The number of nitrogens with two attached hydrogens (primary N) is 1. The van der Waals surface area contributed by atoms with Gasteiger partial charge in [0.2, 0.25) is 0 Å². The molecule has 4 atom stereocenters. The number of aliphatic hydroxyl groups excluding tert-OH is 1. The second-order valence-corrected chi connectivity index (χ2v) is 8.16. The molecule has 2 saturated heterocycles. The van der Waals surface area contributed by atoms with Gasteiger partial charge < -0.3 is 19.1 Å². The third-order valence-corrected chi connectivity index (χ3v) is 5.48. The summed E-state index contributed by atoms with van der Waals surface area (Å²) in [6, 6.07) is 0. The summed E-state index contributed by atoms with van der Waals surface area (Å²) < 4.78 is 29.7. The second kappa shape index (κ2) is 8.33. The van der Waals surface area contributed by atoms with Crippen LogP contribution in [-0.4, -0.2) is 64.8 Å². The van der Waals surface area contributed by atoms with Crippen LogP contribution in [0.3, 0.4) is 0 Å². The minimum absolute atomic E-state index is 0.116. The number of hydrazine groups is 1. The minimum atomic E-state index is -3.64. The maximum Gasteiger partial charge on any atom is 0.351 e. The van der Waals surface area contributed by atoms with Crippen LogP contribution in [0.5, 0.6) is 0 Å². The Morgan fingerprint density at radius 3 is 2.85 bits per heavy atom. The van der Waals surface area contributed by atoms with Crippen LogP contribution in [0.1, 0.15) is 18.2 Å². The molecule has 0 amide bonds. The van der Waals surface area contributed by atoms with E-state index >= 15 is 0 Å². The van der Waals surface area contributed by atoms with Crippen LogP contribution < -0.4 is 21.9 Å². The Bertz CT molecular complexity index is 821. The van der Waals surface area contributed by atoms with Crippen molar-refractivity contribution in [3.05, 3.63) is 32.6 Å². The number of nitrogens with zero attached hydrogens (tertiary/aromatic N) is 2. The van der Waals surface area contributed by atoms with Crippen LogP contribution in [-0.2, 0) is 18.6 Å². The average Bonchev–Trinajstić information content (AvgIpc) is 2.97. The van der Waals surface area contributed by atoms with Crippen molar-refractivity contribution in [3.8, 4) is 0 Å². The van der Waals surface area contributed by atoms with Gasteiger partial charge in [-0.15, -0.1) is 0 Å². The molecule has 3 rings (SSSR count). The van der Waals surface area contributed by atoms with E-state index in [9.17, 15) is 19.3 Å². The zero-order valence-electron chi connectivity index (χ0n) is 14.9. The maximum atomic E-state index is 12.4. The quantitative estimate of drug-likeness (QED) is 0.406. The Labute approximate surface area is 154 Å². The number of aromatic amines is 1. The van der Waals surface area contributed by atoms with Crippen molar-refractivity contribution in [2.45, 2.75) is 31.8 Å². The number of rotatable bonds is 6. The smallest absolute Gasteiger partial charge is 0.351 e. The molecular weight excluding hydrogens is 381 g/mol. The van der Waals surface area contributed by atoms with Gasteiger partial charge in [0.1, 0.15) is 12.3 Å². The van der Waals surface area contributed by atoms with Crippen LogP contribution in [0.2, 0.25) is 0 Å². The van der Waals surface area contributed by atoms with E-state index in [0.717, 1.165) is 0 Å². The van der Waals surface area contributed by atoms with Gasteiger partial charge in [0.15, 0.2) is 0 Å². The number of ether oxygens (including phenoxy) is 2. The van der Waals surface area contributed by atoms with Gasteiger partial charge in [-0.1, -0.05) is 0 Å². The van der Waals surface area contributed by atoms with Crippen molar-refractivity contribution in [1.29, 1.82) is 0 Å². The third-order valence-electron chi connectivity index (χ3n) is 4.38. The zero-order valence-corrected chi connectivity index (χ0v) is 15.8. The van der Waals surface area contributed by atoms with E-state index in [1.807, 2.05) is 0 Å². The fraction of sp³-hybridized carbons (Fsp3) is 0.714. The van der Waals surface area contributed by atoms with Crippen molar-refractivity contribution >= 4 is 7.67 Å². The van der Waals surface area contributed by atoms with Crippen molar-refractivity contribution in [2.24, 2.45) is 5.50 Å². The number of hydrogen-bond donors (Lipinski definition) is 4. The van der Waals surface area contributed by atoms with E-state index in [-0.39, 0.29) is 13.0 Å². The second-order valence-electron chi connectivity index (χ2n) is 6.50. The largest absolute Gasteiger partial charge is 0.390 e. The molecule has 5 N–H and O–H groups in total. The Balaban J connectivity index is 1.58. The predicted octanol–water partition coefficient (Wildman–Crippen LogP) is -1.59. The summed E-state index contributed by atoms with van der Waals surface area (Å²) in [6.45, 7) is 3.36. The Hall–Kier alpha value is -1.37. The van der Waals surface area contributed by atoms with Crippen LogP contribution in [0.25, 0.3) is 0 Å². The summed E-state index contributed by atoms with van der Waals surface area (Å²) in [6.07, 6.45) is -1.06. The molecule has 2 aliphatic rings. The fourth-order valence-corrected chi connectivity index (χ4v) is 3.93. The van der Waals surface area contributed by atoms with Crippen molar-refractivity contribution in [3.63, 3.8) is 0 Å². The first-order valence-corrected chi connectivity index (χ1v) is 10.2.